The fraction of sp³-hybridized carbons (Fsp3) is 0.214. The van der Waals surface area contributed by atoms with Crippen LogP contribution in [0.2, 0.25) is 0 Å². The van der Waals surface area contributed by atoms with Crippen LogP contribution in [0.4, 0.5) is 5.69 Å². The molecule has 1 aromatic heterocycles. The van der Waals surface area contributed by atoms with E-state index in [0.29, 0.717) is 11.6 Å². The van der Waals surface area contributed by atoms with Gasteiger partial charge in [-0.2, -0.15) is 5.26 Å². The van der Waals surface area contributed by atoms with Crippen LogP contribution in [0.3, 0.4) is 0 Å². The van der Waals surface area contributed by atoms with Gasteiger partial charge in [0.2, 0.25) is 0 Å². The molecule has 2 nitrogen and oxygen atoms in total. The first-order valence-electron chi connectivity index (χ1n) is 5.67. The Morgan fingerprint density at radius 1 is 1.44 bits per heavy atom. The molecule has 0 spiro atoms. The van der Waals surface area contributed by atoms with Crippen molar-refractivity contribution < 1.29 is 0 Å². The van der Waals surface area contributed by atoms with Crippen molar-refractivity contribution in [2.75, 3.05) is 5.32 Å². The molecule has 4 heteroatoms. The van der Waals surface area contributed by atoms with Crippen molar-refractivity contribution in [1.29, 1.82) is 5.26 Å². The average Bonchev–Trinajstić information content (AvgIpc) is 2.82. The molecule has 18 heavy (non-hydrogen) atoms. The zero-order valence-corrected chi connectivity index (χ0v) is 12.4. The first-order valence-corrected chi connectivity index (χ1v) is 7.35. The van der Waals surface area contributed by atoms with Crippen LogP contribution in [0.15, 0.2) is 40.2 Å². The highest BCUT2D eigenvalue weighted by Gasteiger charge is 2.08. The molecule has 2 aromatic rings. The predicted molar refractivity (Wildman–Crippen MR) is 80.0 cm³/mol. The predicted octanol–water partition coefficient (Wildman–Crippen LogP) is 4.43. The molecule has 0 fully saturated rings. The lowest BCUT2D eigenvalue weighted by Crippen LogP contribution is -2.18. The Morgan fingerprint density at radius 3 is 2.94 bits per heavy atom. The van der Waals surface area contributed by atoms with E-state index >= 15 is 0 Å². The number of nitrogens with one attached hydrogen (secondary N) is 1. The summed E-state index contributed by atoms with van der Waals surface area (Å²) >= 11 is 5.19. The summed E-state index contributed by atoms with van der Waals surface area (Å²) in [6.45, 7) is 2.13. The molecule has 0 bridgehead atoms. The molecule has 0 aliphatic carbocycles. The first kappa shape index (κ1) is 13.1. The second kappa shape index (κ2) is 6.03. The van der Waals surface area contributed by atoms with E-state index in [1.807, 2.05) is 18.2 Å². The van der Waals surface area contributed by atoms with Gasteiger partial charge >= 0.3 is 0 Å². The van der Waals surface area contributed by atoms with Crippen LogP contribution >= 0.6 is 27.3 Å². The summed E-state index contributed by atoms with van der Waals surface area (Å²) in [7, 11) is 0. The van der Waals surface area contributed by atoms with Crippen molar-refractivity contribution in [3.05, 3.63) is 50.6 Å². The molecule has 0 aliphatic heterocycles. The molecular weight excluding hydrogens is 308 g/mol. The van der Waals surface area contributed by atoms with Gasteiger partial charge in [0, 0.05) is 21.8 Å². The average molecular weight is 321 g/mol. The third kappa shape index (κ3) is 3.34. The van der Waals surface area contributed by atoms with Gasteiger partial charge in [-0.05, 0) is 36.6 Å². The highest BCUT2D eigenvalue weighted by Crippen LogP contribution is 2.22. The molecule has 0 saturated heterocycles. The standard InChI is InChI=1S/C14H13BrN2S/c1-10(7-13-3-2-6-18-13)17-14-8-12(15)5-4-11(14)9-16/h2-6,8,10,17H,7H2,1H3. The van der Waals surface area contributed by atoms with E-state index in [9.17, 15) is 0 Å². The minimum atomic E-state index is 0.296. The summed E-state index contributed by atoms with van der Waals surface area (Å²) in [5, 5.41) is 14.6. The van der Waals surface area contributed by atoms with E-state index in [1.54, 1.807) is 11.3 Å². The Morgan fingerprint density at radius 2 is 2.28 bits per heavy atom. The number of rotatable bonds is 4. The van der Waals surface area contributed by atoms with Gasteiger partial charge in [-0.3, -0.25) is 0 Å². The monoisotopic (exact) mass is 320 g/mol. The lowest BCUT2D eigenvalue weighted by Gasteiger charge is -2.15. The molecule has 0 amide bonds. The van der Waals surface area contributed by atoms with Crippen molar-refractivity contribution in [3.8, 4) is 6.07 Å². The second-order valence-electron chi connectivity index (χ2n) is 4.13. The maximum atomic E-state index is 9.08. The van der Waals surface area contributed by atoms with E-state index in [2.05, 4.69) is 51.8 Å². The Hall–Kier alpha value is -1.31. The number of nitrogens with zero attached hydrogens (tertiary/aromatic N) is 1. The summed E-state index contributed by atoms with van der Waals surface area (Å²) in [6.07, 6.45) is 0.967. The van der Waals surface area contributed by atoms with E-state index in [1.165, 1.54) is 4.88 Å². The molecule has 0 saturated carbocycles. The van der Waals surface area contributed by atoms with Crippen LogP contribution in [0.5, 0.6) is 0 Å². The highest BCUT2D eigenvalue weighted by atomic mass is 79.9. The third-order valence-corrected chi connectivity index (χ3v) is 3.98. The molecular formula is C14H13BrN2S. The van der Waals surface area contributed by atoms with Crippen molar-refractivity contribution in [2.24, 2.45) is 0 Å². The van der Waals surface area contributed by atoms with Crippen LogP contribution in [0.1, 0.15) is 17.4 Å². The Balaban J connectivity index is 2.09. The number of halogens is 1. The summed E-state index contributed by atoms with van der Waals surface area (Å²) < 4.78 is 0.979. The van der Waals surface area contributed by atoms with Gasteiger partial charge in [-0.25, -0.2) is 0 Å². The molecule has 1 atom stereocenters. The maximum absolute atomic E-state index is 9.08. The Bertz CT molecular complexity index is 558. The highest BCUT2D eigenvalue weighted by molar-refractivity contribution is 9.10. The minimum Gasteiger partial charge on any atom is -0.381 e. The molecule has 1 aromatic carbocycles. The lowest BCUT2D eigenvalue weighted by molar-refractivity contribution is 0.800. The van der Waals surface area contributed by atoms with Gasteiger partial charge in [0.25, 0.3) is 0 Å². The SMILES string of the molecule is CC(Cc1cccs1)Nc1cc(Br)ccc1C#N. The quantitative estimate of drug-likeness (QED) is 0.904. The zero-order chi connectivity index (χ0) is 13.0. The van der Waals surface area contributed by atoms with Crippen LogP contribution in [-0.4, -0.2) is 6.04 Å². The minimum absolute atomic E-state index is 0.296. The van der Waals surface area contributed by atoms with Crippen molar-refractivity contribution in [2.45, 2.75) is 19.4 Å². The number of hydrogen-bond donors (Lipinski definition) is 1. The third-order valence-electron chi connectivity index (χ3n) is 2.59. The Labute approximate surface area is 119 Å². The van der Waals surface area contributed by atoms with Gasteiger partial charge in [-0.15, -0.1) is 11.3 Å². The van der Waals surface area contributed by atoms with E-state index in [0.717, 1.165) is 16.6 Å². The molecule has 0 aliphatic rings. The number of anilines is 1. The molecule has 1 N–H and O–H groups in total. The molecule has 1 heterocycles. The van der Waals surface area contributed by atoms with Crippen molar-refractivity contribution >= 4 is 33.0 Å². The van der Waals surface area contributed by atoms with E-state index < -0.39 is 0 Å². The summed E-state index contributed by atoms with van der Waals surface area (Å²) in [5.41, 5.74) is 1.56. The fourth-order valence-corrected chi connectivity index (χ4v) is 2.98. The maximum Gasteiger partial charge on any atom is 0.101 e. The van der Waals surface area contributed by atoms with Crippen molar-refractivity contribution in [1.82, 2.24) is 0 Å². The molecule has 0 radical (unpaired) electrons. The summed E-state index contributed by atoms with van der Waals surface area (Å²) in [5.74, 6) is 0. The van der Waals surface area contributed by atoms with Crippen molar-refractivity contribution in [3.63, 3.8) is 0 Å². The Kier molecular flexibility index (Phi) is 4.40. The smallest absolute Gasteiger partial charge is 0.101 e. The fourth-order valence-electron chi connectivity index (χ4n) is 1.78. The number of nitriles is 1. The van der Waals surface area contributed by atoms with Crippen LogP contribution in [-0.2, 0) is 6.42 Å². The molecule has 2 rings (SSSR count). The van der Waals surface area contributed by atoms with Gasteiger partial charge in [0.15, 0.2) is 0 Å². The normalized spacial score (nSPS) is 11.8. The molecule has 92 valence electrons. The largest absolute Gasteiger partial charge is 0.381 e. The number of benzene rings is 1. The summed E-state index contributed by atoms with van der Waals surface area (Å²) in [4.78, 5) is 1.35. The van der Waals surface area contributed by atoms with Gasteiger partial charge in [0.05, 0.1) is 11.3 Å². The van der Waals surface area contributed by atoms with Crippen LogP contribution in [0, 0.1) is 11.3 Å². The van der Waals surface area contributed by atoms with E-state index in [-0.39, 0.29) is 0 Å². The van der Waals surface area contributed by atoms with Gasteiger partial charge < -0.3 is 5.32 Å². The number of thiophene rings is 1. The van der Waals surface area contributed by atoms with Crippen LogP contribution in [0.25, 0.3) is 0 Å². The second-order valence-corrected chi connectivity index (χ2v) is 6.08. The molecule has 1 unspecified atom stereocenters. The first-order chi connectivity index (χ1) is 8.69. The topological polar surface area (TPSA) is 35.8 Å². The lowest BCUT2D eigenvalue weighted by atomic mass is 10.1. The van der Waals surface area contributed by atoms with Gasteiger partial charge in [0.1, 0.15) is 6.07 Å². The van der Waals surface area contributed by atoms with Gasteiger partial charge in [-0.1, -0.05) is 22.0 Å². The zero-order valence-electron chi connectivity index (χ0n) is 9.98. The van der Waals surface area contributed by atoms with Crippen LogP contribution < -0.4 is 5.32 Å². The van der Waals surface area contributed by atoms with E-state index in [4.69, 9.17) is 5.26 Å². The number of hydrogen-bond acceptors (Lipinski definition) is 3. The summed E-state index contributed by atoms with van der Waals surface area (Å²) in [6, 6.07) is 12.4.